The fourth-order valence-electron chi connectivity index (χ4n) is 2.06. The fourth-order valence-corrected chi connectivity index (χ4v) is 3.43. The molecule has 0 aromatic heterocycles. The van der Waals surface area contributed by atoms with Gasteiger partial charge in [0.25, 0.3) is 10.0 Å². The molecular weight excluding hydrogens is 254 g/mol. The van der Waals surface area contributed by atoms with Crippen molar-refractivity contribution in [2.24, 2.45) is 9.98 Å². The van der Waals surface area contributed by atoms with E-state index in [0.717, 1.165) is 11.8 Å². The Hall–Kier alpha value is -2.02. The SMILES string of the molecule is O=C1N=CC(S(=O)(=O)N2CCc3ccccc32)=N1. The maximum Gasteiger partial charge on any atom is 0.368 e. The number of urea groups is 1. The quantitative estimate of drug-likeness (QED) is 0.757. The van der Waals surface area contributed by atoms with Crippen LogP contribution in [0.5, 0.6) is 0 Å². The van der Waals surface area contributed by atoms with Gasteiger partial charge in [0.05, 0.1) is 11.9 Å². The predicted molar refractivity (Wildman–Crippen MR) is 67.7 cm³/mol. The molecule has 2 heterocycles. The van der Waals surface area contributed by atoms with Gasteiger partial charge in [-0.1, -0.05) is 18.2 Å². The maximum absolute atomic E-state index is 12.3. The molecule has 6 nitrogen and oxygen atoms in total. The molecule has 0 bridgehead atoms. The number of sulfonamides is 1. The number of anilines is 1. The maximum atomic E-state index is 12.3. The Kier molecular flexibility index (Phi) is 2.30. The lowest BCUT2D eigenvalue weighted by atomic mass is 10.2. The third-order valence-corrected chi connectivity index (χ3v) is 4.58. The first-order valence-electron chi connectivity index (χ1n) is 5.36. The zero-order valence-corrected chi connectivity index (χ0v) is 10.1. The van der Waals surface area contributed by atoms with E-state index < -0.39 is 16.1 Å². The van der Waals surface area contributed by atoms with Crippen LogP contribution in [-0.4, -0.2) is 32.3 Å². The van der Waals surface area contributed by atoms with Crippen LogP contribution < -0.4 is 4.31 Å². The number of amides is 2. The van der Waals surface area contributed by atoms with Gasteiger partial charge in [0.15, 0.2) is 5.04 Å². The van der Waals surface area contributed by atoms with Crippen molar-refractivity contribution < 1.29 is 13.2 Å². The second kappa shape index (κ2) is 3.74. The van der Waals surface area contributed by atoms with Crippen molar-refractivity contribution in [1.29, 1.82) is 0 Å². The van der Waals surface area contributed by atoms with E-state index in [-0.39, 0.29) is 5.04 Å². The highest BCUT2D eigenvalue weighted by Crippen LogP contribution is 2.30. The van der Waals surface area contributed by atoms with Crippen LogP contribution in [0.3, 0.4) is 0 Å². The van der Waals surface area contributed by atoms with Gasteiger partial charge in [-0.25, -0.2) is 4.79 Å². The number of nitrogens with zero attached hydrogens (tertiary/aromatic N) is 3. The average Bonchev–Trinajstić information content (AvgIpc) is 2.95. The lowest BCUT2D eigenvalue weighted by molar-refractivity contribution is 0.257. The minimum absolute atomic E-state index is 0.288. The van der Waals surface area contributed by atoms with Crippen LogP contribution in [0.25, 0.3) is 0 Å². The summed E-state index contributed by atoms with van der Waals surface area (Å²) in [5.74, 6) is 0. The van der Waals surface area contributed by atoms with Crippen molar-refractivity contribution in [3.63, 3.8) is 0 Å². The fraction of sp³-hybridized carbons (Fsp3) is 0.182. The number of para-hydroxylation sites is 1. The minimum Gasteiger partial charge on any atom is -0.264 e. The van der Waals surface area contributed by atoms with E-state index in [1.807, 2.05) is 12.1 Å². The van der Waals surface area contributed by atoms with E-state index >= 15 is 0 Å². The van der Waals surface area contributed by atoms with E-state index in [1.54, 1.807) is 12.1 Å². The summed E-state index contributed by atoms with van der Waals surface area (Å²) in [5, 5.41) is -0.288. The van der Waals surface area contributed by atoms with Gasteiger partial charge in [0.2, 0.25) is 0 Å². The third-order valence-electron chi connectivity index (χ3n) is 2.89. The highest BCUT2D eigenvalue weighted by molar-refractivity contribution is 8.09. The number of rotatable bonds is 1. The van der Waals surface area contributed by atoms with Crippen molar-refractivity contribution in [3.8, 4) is 0 Å². The zero-order valence-electron chi connectivity index (χ0n) is 9.28. The molecule has 1 aromatic carbocycles. The molecule has 0 atom stereocenters. The van der Waals surface area contributed by atoms with Gasteiger partial charge in [-0.15, -0.1) is 0 Å². The lowest BCUT2D eigenvalue weighted by Crippen LogP contribution is -2.35. The molecule has 2 amide bonds. The van der Waals surface area contributed by atoms with E-state index in [1.165, 1.54) is 4.31 Å². The van der Waals surface area contributed by atoms with Crippen molar-refractivity contribution in [1.82, 2.24) is 0 Å². The van der Waals surface area contributed by atoms with E-state index in [0.29, 0.717) is 18.7 Å². The molecule has 1 aromatic rings. The second-order valence-corrected chi connectivity index (χ2v) is 5.76. The Bertz CT molecular complexity index is 691. The highest BCUT2D eigenvalue weighted by atomic mass is 32.2. The third kappa shape index (κ3) is 1.55. The molecule has 0 saturated heterocycles. The normalized spacial score (nSPS) is 18.1. The number of aliphatic imine (C=N–C) groups is 2. The molecule has 18 heavy (non-hydrogen) atoms. The Balaban J connectivity index is 2.05. The molecule has 0 unspecified atom stereocenters. The monoisotopic (exact) mass is 263 g/mol. The number of benzene rings is 1. The topological polar surface area (TPSA) is 79.2 Å². The molecule has 2 aliphatic rings. The summed E-state index contributed by atoms with van der Waals surface area (Å²) in [6.45, 7) is 0.364. The largest absolute Gasteiger partial charge is 0.368 e. The molecule has 0 radical (unpaired) electrons. The Labute approximate surface area is 104 Å². The van der Waals surface area contributed by atoms with Crippen LogP contribution in [0.15, 0.2) is 34.3 Å². The molecule has 2 aliphatic heterocycles. The highest BCUT2D eigenvalue weighted by Gasteiger charge is 2.34. The molecule has 0 saturated carbocycles. The van der Waals surface area contributed by atoms with Crippen molar-refractivity contribution in [2.45, 2.75) is 6.42 Å². The van der Waals surface area contributed by atoms with Crippen molar-refractivity contribution >= 4 is 33.0 Å². The Morgan fingerprint density at radius 2 is 2.00 bits per heavy atom. The second-order valence-electron chi connectivity index (χ2n) is 3.95. The average molecular weight is 263 g/mol. The summed E-state index contributed by atoms with van der Waals surface area (Å²) in [6, 6.07) is 6.51. The number of hydrogen-bond donors (Lipinski definition) is 0. The number of fused-ring (bicyclic) bond motifs is 1. The predicted octanol–water partition coefficient (Wildman–Crippen LogP) is 0.982. The molecule has 0 spiro atoms. The van der Waals surface area contributed by atoms with Gasteiger partial charge in [0, 0.05) is 6.54 Å². The minimum atomic E-state index is -3.77. The van der Waals surface area contributed by atoms with Gasteiger partial charge in [0.1, 0.15) is 0 Å². The molecule has 0 aliphatic carbocycles. The molecule has 0 fully saturated rings. The standard InChI is InChI=1S/C11H9N3O3S/c15-11-12-7-10(13-11)18(16,17)14-6-5-8-3-1-2-4-9(8)14/h1-4,7H,5-6H2. The van der Waals surface area contributed by atoms with Crippen molar-refractivity contribution in [2.75, 3.05) is 10.8 Å². The van der Waals surface area contributed by atoms with Crippen LogP contribution in [-0.2, 0) is 16.4 Å². The van der Waals surface area contributed by atoms with Crippen LogP contribution >= 0.6 is 0 Å². The number of carbonyl (C=O) groups is 1. The van der Waals surface area contributed by atoms with E-state index in [9.17, 15) is 13.2 Å². The van der Waals surface area contributed by atoms with Gasteiger partial charge < -0.3 is 0 Å². The smallest absolute Gasteiger partial charge is 0.264 e. The summed E-state index contributed by atoms with van der Waals surface area (Å²) in [5.41, 5.74) is 1.62. The van der Waals surface area contributed by atoms with E-state index in [4.69, 9.17) is 0 Å². The van der Waals surface area contributed by atoms with Crippen molar-refractivity contribution in [3.05, 3.63) is 29.8 Å². The first-order chi connectivity index (χ1) is 8.59. The molecule has 92 valence electrons. The summed E-state index contributed by atoms with van der Waals surface area (Å²) >= 11 is 0. The van der Waals surface area contributed by atoms with Gasteiger partial charge in [-0.05, 0) is 18.1 Å². The summed E-state index contributed by atoms with van der Waals surface area (Å²) in [6.07, 6.45) is 1.66. The first kappa shape index (κ1) is 11.1. The zero-order chi connectivity index (χ0) is 12.8. The Morgan fingerprint density at radius 1 is 1.22 bits per heavy atom. The molecule has 0 N–H and O–H groups in total. The number of carbonyl (C=O) groups excluding carboxylic acids is 1. The molecule has 7 heteroatoms. The van der Waals surface area contributed by atoms with Crippen LogP contribution in [0, 0.1) is 0 Å². The lowest BCUT2D eigenvalue weighted by Gasteiger charge is -2.17. The first-order valence-corrected chi connectivity index (χ1v) is 6.80. The molecular formula is C11H9N3O3S. The van der Waals surface area contributed by atoms with Gasteiger partial charge in [-0.2, -0.15) is 18.4 Å². The molecule has 3 rings (SSSR count). The van der Waals surface area contributed by atoms with Crippen LogP contribution in [0.2, 0.25) is 0 Å². The van der Waals surface area contributed by atoms with E-state index in [2.05, 4.69) is 9.98 Å². The summed E-state index contributed by atoms with van der Waals surface area (Å²) < 4.78 is 25.9. The summed E-state index contributed by atoms with van der Waals surface area (Å²) in [4.78, 5) is 17.6. The number of hydrogen-bond acceptors (Lipinski definition) is 3. The van der Waals surface area contributed by atoms with Crippen LogP contribution in [0.1, 0.15) is 5.56 Å². The summed E-state index contributed by atoms with van der Waals surface area (Å²) in [7, 11) is -3.77. The van der Waals surface area contributed by atoms with Crippen LogP contribution in [0.4, 0.5) is 10.5 Å². The van der Waals surface area contributed by atoms with Gasteiger partial charge in [-0.3, -0.25) is 4.31 Å². The van der Waals surface area contributed by atoms with Gasteiger partial charge >= 0.3 is 6.03 Å². The Morgan fingerprint density at radius 3 is 2.72 bits per heavy atom.